The van der Waals surface area contributed by atoms with Gasteiger partial charge in [-0.3, -0.25) is 9.48 Å². The topological polar surface area (TPSA) is 92.2 Å². The minimum atomic E-state index is -0.583. The Balaban J connectivity index is 1.91. The zero-order valence-electron chi connectivity index (χ0n) is 25.6. The number of carbonyl (C=O) groups excluding carboxylic acids is 2. The third kappa shape index (κ3) is 6.05. The summed E-state index contributed by atoms with van der Waals surface area (Å²) in [5, 5.41) is 7.42. The fourth-order valence-corrected chi connectivity index (χ4v) is 5.86. The Morgan fingerprint density at radius 2 is 1.93 bits per heavy atom. The maximum absolute atomic E-state index is 13.2. The van der Waals surface area contributed by atoms with Crippen molar-refractivity contribution in [2.45, 2.75) is 65.5 Å². The van der Waals surface area contributed by atoms with Crippen molar-refractivity contribution in [2.75, 3.05) is 46.7 Å². The molecular weight excluding hydrogens is 508 g/mol. The number of ether oxygens (including phenoxy) is 2. The van der Waals surface area contributed by atoms with E-state index in [0.717, 1.165) is 59.1 Å². The highest BCUT2D eigenvalue weighted by atomic mass is 16.5. The van der Waals surface area contributed by atoms with Gasteiger partial charge in [0.2, 0.25) is 6.41 Å². The minimum Gasteiger partial charge on any atom is -0.497 e. The molecule has 1 aliphatic rings. The zero-order chi connectivity index (χ0) is 29.6. The predicted molar refractivity (Wildman–Crippen MR) is 158 cm³/mol. The largest absolute Gasteiger partial charge is 0.497 e. The summed E-state index contributed by atoms with van der Waals surface area (Å²) in [6.45, 7) is 9.59. The van der Waals surface area contributed by atoms with Crippen LogP contribution in [0, 0.1) is 13.8 Å². The number of urea groups is 1. The van der Waals surface area contributed by atoms with Crippen LogP contribution in [0.5, 0.6) is 11.5 Å². The molecule has 2 aromatic rings. The number of nitrogens with one attached hydrogen (secondary N) is 1. The minimum absolute atomic E-state index is 0.202. The van der Waals surface area contributed by atoms with Crippen molar-refractivity contribution >= 4 is 18.1 Å². The van der Waals surface area contributed by atoms with Crippen LogP contribution in [-0.2, 0) is 24.8 Å². The third-order valence-electron chi connectivity index (χ3n) is 8.31. The van der Waals surface area contributed by atoms with Crippen LogP contribution >= 0.6 is 0 Å². The first-order chi connectivity index (χ1) is 19.1. The van der Waals surface area contributed by atoms with Gasteiger partial charge >= 0.3 is 6.03 Å². The molecule has 3 amide bonds. The van der Waals surface area contributed by atoms with Crippen molar-refractivity contribution < 1.29 is 19.1 Å². The average molecular weight is 555 g/mol. The number of rotatable bonds is 11. The Hall–Kier alpha value is -3.69. The van der Waals surface area contributed by atoms with Gasteiger partial charge in [0.15, 0.2) is 0 Å². The molecule has 1 unspecified atom stereocenters. The molecule has 0 saturated carbocycles. The molecular formula is C30H46N6O4. The average Bonchev–Trinajstić information content (AvgIpc) is 3.18. The maximum atomic E-state index is 13.2. The van der Waals surface area contributed by atoms with Gasteiger partial charge in [0.05, 0.1) is 36.8 Å². The molecule has 3 rings (SSSR count). The first-order valence-corrected chi connectivity index (χ1v) is 14.0. The van der Waals surface area contributed by atoms with E-state index in [2.05, 4.69) is 41.4 Å². The van der Waals surface area contributed by atoms with E-state index in [1.165, 1.54) is 5.56 Å². The van der Waals surface area contributed by atoms with Crippen LogP contribution in [0.1, 0.15) is 55.6 Å². The van der Waals surface area contributed by atoms with Crippen LogP contribution in [0.3, 0.4) is 0 Å². The van der Waals surface area contributed by atoms with Gasteiger partial charge in [0, 0.05) is 52.5 Å². The Labute approximate surface area is 238 Å². The molecule has 0 aliphatic carbocycles. The predicted octanol–water partition coefficient (Wildman–Crippen LogP) is 4.50. The number of nitrogens with zero attached hydrogens (tertiary/aromatic N) is 5. The van der Waals surface area contributed by atoms with E-state index in [0.29, 0.717) is 32.5 Å². The molecule has 10 heteroatoms. The number of fused-ring (bicyclic) bond motifs is 1. The van der Waals surface area contributed by atoms with Gasteiger partial charge in [-0.25, -0.2) is 4.79 Å². The van der Waals surface area contributed by atoms with Crippen LogP contribution < -0.4 is 14.8 Å². The summed E-state index contributed by atoms with van der Waals surface area (Å²) in [6.07, 6.45) is 6.11. The van der Waals surface area contributed by atoms with Gasteiger partial charge in [-0.1, -0.05) is 13.0 Å². The van der Waals surface area contributed by atoms with Crippen LogP contribution in [0.25, 0.3) is 0 Å². The van der Waals surface area contributed by atoms with Crippen LogP contribution in [0.4, 0.5) is 10.5 Å². The van der Waals surface area contributed by atoms with E-state index in [9.17, 15) is 9.59 Å². The fourth-order valence-electron chi connectivity index (χ4n) is 5.86. The number of hydrogen-bond donors (Lipinski definition) is 1. The van der Waals surface area contributed by atoms with Crippen molar-refractivity contribution in [1.82, 2.24) is 24.5 Å². The van der Waals surface area contributed by atoms with Gasteiger partial charge < -0.3 is 29.5 Å². The second kappa shape index (κ2) is 13.1. The van der Waals surface area contributed by atoms with Crippen LogP contribution in [0.15, 0.2) is 23.9 Å². The zero-order valence-corrected chi connectivity index (χ0v) is 25.6. The number of amides is 3. The van der Waals surface area contributed by atoms with Crippen molar-refractivity contribution in [3.63, 3.8) is 0 Å². The number of anilines is 1. The quantitative estimate of drug-likeness (QED) is 0.412. The molecule has 0 saturated heterocycles. The molecule has 0 spiro atoms. The highest BCUT2D eigenvalue weighted by molar-refractivity contribution is 5.90. The van der Waals surface area contributed by atoms with Gasteiger partial charge in [0.1, 0.15) is 11.5 Å². The standard InChI is InChI=1S/C30H46N6O4/c1-10-30(36(11-2)20-37,15-16-33(5)29(38)31-28-21(3)32-35(7)22(28)4)27-14-12-13-25-23(19-34(27)6)17-24(39-8)18-26(25)40-9/h14,17-18,20H,10-13,15-16,19H2,1-9H3,(H,31,38)/b27-14-. The molecule has 1 N–H and O–H groups in total. The van der Waals surface area contributed by atoms with Crippen LogP contribution in [-0.4, -0.2) is 83.9 Å². The number of benzene rings is 1. The highest BCUT2D eigenvalue weighted by Crippen LogP contribution is 2.38. The Morgan fingerprint density at radius 3 is 2.48 bits per heavy atom. The maximum Gasteiger partial charge on any atom is 0.321 e. The Morgan fingerprint density at radius 1 is 1.20 bits per heavy atom. The third-order valence-corrected chi connectivity index (χ3v) is 8.31. The SMILES string of the molecule is CCN(C=O)C(CC)(CCN(C)C(=O)Nc1c(C)nn(C)c1C)/C1=C/CCc2c(cc(OC)cc2OC)CN1C. The van der Waals surface area contributed by atoms with E-state index in [1.807, 2.05) is 38.8 Å². The number of methoxy groups -OCH3 is 2. The molecule has 0 fully saturated rings. The first kappa shape index (κ1) is 30.8. The van der Waals surface area contributed by atoms with Gasteiger partial charge in [-0.2, -0.15) is 5.10 Å². The van der Waals surface area contributed by atoms with Crippen molar-refractivity contribution in [3.8, 4) is 11.5 Å². The summed E-state index contributed by atoms with van der Waals surface area (Å²) in [4.78, 5) is 31.4. The number of hydrogen-bond acceptors (Lipinski definition) is 6. The Kier molecular flexibility index (Phi) is 10.1. The van der Waals surface area contributed by atoms with E-state index < -0.39 is 5.54 Å². The molecule has 1 aromatic carbocycles. The molecule has 2 heterocycles. The van der Waals surface area contributed by atoms with E-state index in [1.54, 1.807) is 30.8 Å². The molecule has 40 heavy (non-hydrogen) atoms. The van der Waals surface area contributed by atoms with Gasteiger partial charge in [0.25, 0.3) is 0 Å². The lowest BCUT2D eigenvalue weighted by atomic mass is 9.83. The highest BCUT2D eigenvalue weighted by Gasteiger charge is 2.40. The second-order valence-electron chi connectivity index (χ2n) is 10.5. The molecule has 220 valence electrons. The van der Waals surface area contributed by atoms with Gasteiger partial charge in [-0.05, 0) is 63.6 Å². The molecule has 1 atom stereocenters. The summed E-state index contributed by atoms with van der Waals surface area (Å²) < 4.78 is 13.0. The summed E-state index contributed by atoms with van der Waals surface area (Å²) in [5.74, 6) is 1.59. The summed E-state index contributed by atoms with van der Waals surface area (Å²) in [7, 11) is 9.07. The van der Waals surface area contributed by atoms with Crippen molar-refractivity contribution in [1.29, 1.82) is 0 Å². The fraction of sp³-hybridized carbons (Fsp3) is 0.567. The summed E-state index contributed by atoms with van der Waals surface area (Å²) >= 11 is 0. The molecule has 1 aliphatic heterocycles. The lowest BCUT2D eigenvalue weighted by Crippen LogP contribution is -2.54. The molecule has 0 radical (unpaired) electrons. The smallest absolute Gasteiger partial charge is 0.321 e. The van der Waals surface area contributed by atoms with E-state index >= 15 is 0 Å². The van der Waals surface area contributed by atoms with Gasteiger partial charge in [-0.15, -0.1) is 0 Å². The lowest BCUT2D eigenvalue weighted by Gasteiger charge is -2.47. The van der Waals surface area contributed by atoms with Crippen LogP contribution in [0.2, 0.25) is 0 Å². The molecule has 10 nitrogen and oxygen atoms in total. The van der Waals surface area contributed by atoms with Crippen molar-refractivity contribution in [3.05, 3.63) is 46.4 Å². The number of allylic oxidation sites excluding steroid dienone is 1. The lowest BCUT2D eigenvalue weighted by molar-refractivity contribution is -0.123. The molecule has 1 aromatic heterocycles. The number of aryl methyl sites for hydroxylation is 2. The number of likely N-dealkylation sites (N-methyl/N-ethyl adjacent to an activating group) is 2. The Bertz CT molecular complexity index is 1240. The first-order valence-electron chi connectivity index (χ1n) is 14.0. The summed E-state index contributed by atoms with van der Waals surface area (Å²) in [5.41, 5.74) is 5.23. The number of aromatic nitrogens is 2. The van der Waals surface area contributed by atoms with E-state index in [4.69, 9.17) is 9.47 Å². The normalized spacial score (nSPS) is 16.0. The summed E-state index contributed by atoms with van der Waals surface area (Å²) in [6, 6.07) is 3.80. The number of carbonyl (C=O) groups is 2. The second-order valence-corrected chi connectivity index (χ2v) is 10.5. The monoisotopic (exact) mass is 554 g/mol. The molecule has 0 bridgehead atoms. The van der Waals surface area contributed by atoms with E-state index in [-0.39, 0.29) is 6.03 Å². The van der Waals surface area contributed by atoms with Crippen molar-refractivity contribution in [2.24, 2.45) is 7.05 Å².